The number of nitrogens with zero attached hydrogens (tertiary/aromatic N) is 1. The summed E-state index contributed by atoms with van der Waals surface area (Å²) < 4.78 is 32.6. The topological polar surface area (TPSA) is 105 Å². The summed E-state index contributed by atoms with van der Waals surface area (Å²) in [6.45, 7) is 4.17. The lowest BCUT2D eigenvalue weighted by atomic mass is 10.2. The molecule has 0 unspecified atom stereocenters. The maximum Gasteiger partial charge on any atom is 0.251 e. The minimum absolute atomic E-state index is 0.0983. The van der Waals surface area contributed by atoms with Crippen LogP contribution in [0.25, 0.3) is 0 Å². The van der Waals surface area contributed by atoms with Crippen molar-refractivity contribution in [3.63, 3.8) is 0 Å². The Labute approximate surface area is 159 Å². The third kappa shape index (κ3) is 5.06. The van der Waals surface area contributed by atoms with Crippen molar-refractivity contribution in [3.05, 3.63) is 29.8 Å². The van der Waals surface area contributed by atoms with Crippen LogP contribution >= 0.6 is 0 Å². The molecule has 0 aromatic heterocycles. The van der Waals surface area contributed by atoms with E-state index in [2.05, 4.69) is 10.6 Å². The van der Waals surface area contributed by atoms with E-state index in [0.29, 0.717) is 18.7 Å². The fourth-order valence-corrected chi connectivity index (χ4v) is 4.61. The van der Waals surface area contributed by atoms with Gasteiger partial charge in [-0.1, -0.05) is 0 Å². The van der Waals surface area contributed by atoms with Crippen LogP contribution in [-0.2, 0) is 19.6 Å². The third-order valence-corrected chi connectivity index (χ3v) is 6.34. The van der Waals surface area contributed by atoms with E-state index in [-0.39, 0.29) is 35.6 Å². The second-order valence-corrected chi connectivity index (χ2v) is 9.07. The van der Waals surface area contributed by atoms with Gasteiger partial charge in [-0.05, 0) is 51.0 Å². The Morgan fingerprint density at radius 2 is 1.70 bits per heavy atom. The zero-order chi connectivity index (χ0) is 19.6. The average Bonchev–Trinajstić information content (AvgIpc) is 3.43. The van der Waals surface area contributed by atoms with Crippen LogP contribution < -0.4 is 10.6 Å². The second kappa shape index (κ2) is 7.95. The van der Waals surface area contributed by atoms with E-state index in [4.69, 9.17) is 4.74 Å². The molecule has 1 heterocycles. The summed E-state index contributed by atoms with van der Waals surface area (Å²) in [7, 11) is -3.65. The van der Waals surface area contributed by atoms with Crippen LogP contribution in [0.1, 0.15) is 37.0 Å². The lowest BCUT2D eigenvalue weighted by Gasteiger charge is -2.34. The SMILES string of the molecule is C[C@H]1CN(S(=O)(=O)c2ccc(C(=O)NCC(=O)NC3CC3)cc2)C[C@H](C)O1. The molecule has 27 heavy (non-hydrogen) atoms. The molecule has 1 aliphatic heterocycles. The van der Waals surface area contributed by atoms with E-state index >= 15 is 0 Å². The highest BCUT2D eigenvalue weighted by Crippen LogP contribution is 2.21. The molecule has 9 heteroatoms. The standard InChI is InChI=1S/C18H25N3O5S/c1-12-10-21(11-13(2)26-12)27(24,25)16-7-3-14(4-8-16)18(23)19-9-17(22)20-15-5-6-15/h3-4,7-8,12-13,15H,5-6,9-11H2,1-2H3,(H,19,23)(H,20,22)/t12-,13-/m0/s1. The van der Waals surface area contributed by atoms with Crippen molar-refractivity contribution in [3.8, 4) is 0 Å². The first-order valence-electron chi connectivity index (χ1n) is 9.09. The van der Waals surface area contributed by atoms with Gasteiger partial charge in [0.15, 0.2) is 0 Å². The van der Waals surface area contributed by atoms with Crippen molar-refractivity contribution < 1.29 is 22.7 Å². The zero-order valence-corrected chi connectivity index (χ0v) is 16.3. The average molecular weight is 395 g/mol. The van der Waals surface area contributed by atoms with E-state index in [0.717, 1.165) is 12.8 Å². The number of rotatable bonds is 6. The van der Waals surface area contributed by atoms with Gasteiger partial charge in [-0.3, -0.25) is 9.59 Å². The Morgan fingerprint density at radius 3 is 2.26 bits per heavy atom. The fourth-order valence-electron chi connectivity index (χ4n) is 3.02. The monoisotopic (exact) mass is 395 g/mol. The molecule has 3 rings (SSSR count). The Morgan fingerprint density at radius 1 is 1.11 bits per heavy atom. The molecule has 2 fully saturated rings. The highest BCUT2D eigenvalue weighted by molar-refractivity contribution is 7.89. The number of nitrogens with one attached hydrogen (secondary N) is 2. The molecular formula is C18H25N3O5S. The van der Waals surface area contributed by atoms with Gasteiger partial charge < -0.3 is 15.4 Å². The Hall–Kier alpha value is -1.97. The Bertz CT molecular complexity index is 795. The highest BCUT2D eigenvalue weighted by Gasteiger charge is 2.32. The molecule has 1 aromatic rings. The molecule has 1 aromatic carbocycles. The zero-order valence-electron chi connectivity index (χ0n) is 15.5. The van der Waals surface area contributed by atoms with Crippen LogP contribution in [0.15, 0.2) is 29.2 Å². The summed E-state index contributed by atoms with van der Waals surface area (Å²) in [5.41, 5.74) is 0.303. The third-order valence-electron chi connectivity index (χ3n) is 4.49. The van der Waals surface area contributed by atoms with Crippen molar-refractivity contribution in [1.82, 2.24) is 14.9 Å². The fraction of sp³-hybridized carbons (Fsp3) is 0.556. The number of carbonyl (C=O) groups excluding carboxylic acids is 2. The van der Waals surface area contributed by atoms with Crippen LogP contribution in [0.2, 0.25) is 0 Å². The van der Waals surface area contributed by atoms with Gasteiger partial charge in [0, 0.05) is 24.7 Å². The molecule has 1 saturated carbocycles. The van der Waals surface area contributed by atoms with Crippen molar-refractivity contribution in [2.75, 3.05) is 19.6 Å². The number of amides is 2. The van der Waals surface area contributed by atoms with Crippen molar-refractivity contribution in [1.29, 1.82) is 0 Å². The van der Waals surface area contributed by atoms with Gasteiger partial charge in [-0.25, -0.2) is 8.42 Å². The smallest absolute Gasteiger partial charge is 0.251 e. The van der Waals surface area contributed by atoms with Gasteiger partial charge in [0.1, 0.15) is 0 Å². The Kier molecular flexibility index (Phi) is 5.83. The first-order valence-corrected chi connectivity index (χ1v) is 10.5. The number of benzene rings is 1. The summed E-state index contributed by atoms with van der Waals surface area (Å²) in [5.74, 6) is -0.640. The number of hydrogen-bond acceptors (Lipinski definition) is 5. The van der Waals surface area contributed by atoms with Gasteiger partial charge in [-0.15, -0.1) is 0 Å². The van der Waals surface area contributed by atoms with Gasteiger partial charge in [0.2, 0.25) is 15.9 Å². The number of sulfonamides is 1. The molecule has 1 aliphatic carbocycles. The van der Waals surface area contributed by atoms with Gasteiger partial charge >= 0.3 is 0 Å². The van der Waals surface area contributed by atoms with Crippen molar-refractivity contribution >= 4 is 21.8 Å². The highest BCUT2D eigenvalue weighted by atomic mass is 32.2. The van der Waals surface area contributed by atoms with Crippen LogP contribution in [0.5, 0.6) is 0 Å². The predicted molar refractivity (Wildman–Crippen MR) is 98.7 cm³/mol. The van der Waals surface area contributed by atoms with E-state index in [9.17, 15) is 18.0 Å². The van der Waals surface area contributed by atoms with Crippen LogP contribution in [0.4, 0.5) is 0 Å². The van der Waals surface area contributed by atoms with Crippen LogP contribution in [0.3, 0.4) is 0 Å². The molecule has 2 amide bonds. The molecule has 8 nitrogen and oxygen atoms in total. The maximum atomic E-state index is 12.8. The first-order chi connectivity index (χ1) is 12.8. The summed E-state index contributed by atoms with van der Waals surface area (Å²) in [6, 6.07) is 5.98. The minimum atomic E-state index is -3.65. The maximum absolute atomic E-state index is 12.8. The first kappa shape index (κ1) is 19.8. The lowest BCUT2D eigenvalue weighted by molar-refractivity contribution is -0.120. The molecular weight excluding hydrogens is 370 g/mol. The second-order valence-electron chi connectivity index (χ2n) is 7.13. The number of hydrogen-bond donors (Lipinski definition) is 2. The predicted octanol–water partition coefficient (Wildman–Crippen LogP) is 0.493. The van der Waals surface area contributed by atoms with Crippen LogP contribution in [0, 0.1) is 0 Å². The summed E-state index contributed by atoms with van der Waals surface area (Å²) in [4.78, 5) is 23.9. The quantitative estimate of drug-likeness (QED) is 0.730. The number of morpholine rings is 1. The van der Waals surface area contributed by atoms with Crippen LogP contribution in [-0.4, -0.2) is 62.4 Å². The van der Waals surface area contributed by atoms with Crippen molar-refractivity contribution in [2.45, 2.75) is 49.8 Å². The van der Waals surface area contributed by atoms with Gasteiger partial charge in [0.05, 0.1) is 23.6 Å². The molecule has 2 atom stereocenters. The number of ether oxygens (including phenoxy) is 1. The van der Waals surface area contributed by atoms with E-state index in [1.54, 1.807) is 0 Å². The minimum Gasteiger partial charge on any atom is -0.373 e. The summed E-state index contributed by atoms with van der Waals surface area (Å²) in [5, 5.41) is 5.32. The largest absolute Gasteiger partial charge is 0.373 e. The van der Waals surface area contributed by atoms with Gasteiger partial charge in [0.25, 0.3) is 5.91 Å². The molecule has 1 saturated heterocycles. The Balaban J connectivity index is 1.61. The van der Waals surface area contributed by atoms with Gasteiger partial charge in [-0.2, -0.15) is 4.31 Å². The summed E-state index contributed by atoms with van der Waals surface area (Å²) >= 11 is 0. The van der Waals surface area contributed by atoms with E-state index in [1.807, 2.05) is 13.8 Å². The normalized spacial score (nSPS) is 23.6. The molecule has 0 bridgehead atoms. The van der Waals surface area contributed by atoms with E-state index in [1.165, 1.54) is 28.6 Å². The summed E-state index contributed by atoms with van der Waals surface area (Å²) in [6.07, 6.45) is 1.62. The molecule has 148 valence electrons. The number of carbonyl (C=O) groups is 2. The molecule has 0 spiro atoms. The molecule has 0 radical (unpaired) electrons. The van der Waals surface area contributed by atoms with E-state index < -0.39 is 15.9 Å². The molecule has 2 N–H and O–H groups in total. The van der Waals surface area contributed by atoms with Crippen molar-refractivity contribution in [2.24, 2.45) is 0 Å². The lowest BCUT2D eigenvalue weighted by Crippen LogP contribution is -2.48. The molecule has 2 aliphatic rings.